The average Bonchev–Trinajstić information content (AvgIpc) is 3.19. The highest BCUT2D eigenvalue weighted by molar-refractivity contribution is 6.08. The monoisotopic (exact) mass is 411 g/mol. The van der Waals surface area contributed by atoms with Crippen LogP contribution in [0.4, 0.5) is 5.69 Å². The van der Waals surface area contributed by atoms with Crippen LogP contribution in [0.3, 0.4) is 0 Å². The van der Waals surface area contributed by atoms with Crippen molar-refractivity contribution >= 4 is 11.6 Å². The Morgan fingerprint density at radius 3 is 2.39 bits per heavy atom. The number of hydrogen-bond donors (Lipinski definition) is 1. The Hall–Kier alpha value is -3.86. The molecule has 1 N–H and O–H groups in total. The molecule has 0 unspecified atom stereocenters. The summed E-state index contributed by atoms with van der Waals surface area (Å²) in [5.74, 6) is 0.395. The molecule has 0 atom stereocenters. The van der Waals surface area contributed by atoms with E-state index in [-0.39, 0.29) is 5.91 Å². The van der Waals surface area contributed by atoms with Crippen LogP contribution in [0.1, 0.15) is 27.0 Å². The number of carbonyl (C=O) groups is 1. The van der Waals surface area contributed by atoms with E-state index in [1.165, 1.54) is 0 Å². The van der Waals surface area contributed by atoms with Crippen molar-refractivity contribution in [1.82, 2.24) is 9.78 Å². The first-order valence-corrected chi connectivity index (χ1v) is 10.2. The molecule has 0 aliphatic carbocycles. The quantitative estimate of drug-likeness (QED) is 0.457. The van der Waals surface area contributed by atoms with E-state index in [4.69, 9.17) is 9.84 Å². The van der Waals surface area contributed by atoms with Crippen LogP contribution in [0.2, 0.25) is 0 Å². The van der Waals surface area contributed by atoms with Gasteiger partial charge in [0.05, 0.1) is 24.9 Å². The molecule has 0 saturated carbocycles. The topological polar surface area (TPSA) is 56.1 Å². The van der Waals surface area contributed by atoms with Crippen LogP contribution in [0.15, 0.2) is 79.0 Å². The first kappa shape index (κ1) is 20.4. The van der Waals surface area contributed by atoms with Gasteiger partial charge in [0.2, 0.25) is 0 Å². The summed E-state index contributed by atoms with van der Waals surface area (Å²) in [6, 6.07) is 23.8. The average molecular weight is 412 g/mol. The van der Waals surface area contributed by atoms with Crippen molar-refractivity contribution < 1.29 is 9.53 Å². The highest BCUT2D eigenvalue weighted by atomic mass is 16.5. The maximum atomic E-state index is 13.3. The highest BCUT2D eigenvalue weighted by Crippen LogP contribution is 2.28. The summed E-state index contributed by atoms with van der Waals surface area (Å²) in [6.45, 7) is 4.60. The van der Waals surface area contributed by atoms with Crippen LogP contribution in [0.5, 0.6) is 5.75 Å². The summed E-state index contributed by atoms with van der Waals surface area (Å²) in [5, 5.41) is 7.75. The fourth-order valence-electron chi connectivity index (χ4n) is 3.47. The summed E-state index contributed by atoms with van der Waals surface area (Å²) in [7, 11) is 1.59. The lowest BCUT2D eigenvalue weighted by Crippen LogP contribution is -2.13. The predicted molar refractivity (Wildman–Crippen MR) is 124 cm³/mol. The number of aromatic nitrogens is 2. The Balaban J connectivity index is 1.71. The smallest absolute Gasteiger partial charge is 0.259 e. The zero-order valence-corrected chi connectivity index (χ0v) is 17.9. The summed E-state index contributed by atoms with van der Waals surface area (Å²) in [6.07, 6.45) is 1.81. The summed E-state index contributed by atoms with van der Waals surface area (Å²) >= 11 is 0. The van der Waals surface area contributed by atoms with Gasteiger partial charge in [-0.25, -0.2) is 0 Å². The van der Waals surface area contributed by atoms with Crippen LogP contribution < -0.4 is 10.1 Å². The van der Waals surface area contributed by atoms with Gasteiger partial charge in [-0.1, -0.05) is 66.2 Å². The molecule has 1 aromatic heterocycles. The molecule has 0 aliphatic heterocycles. The van der Waals surface area contributed by atoms with Gasteiger partial charge in [-0.3, -0.25) is 9.48 Å². The molecule has 4 rings (SSSR count). The fraction of sp³-hybridized carbons (Fsp3) is 0.154. The molecule has 3 aromatic carbocycles. The predicted octanol–water partition coefficient (Wildman–Crippen LogP) is 5.48. The van der Waals surface area contributed by atoms with Crippen LogP contribution in [-0.2, 0) is 6.54 Å². The maximum absolute atomic E-state index is 13.3. The Bertz CT molecular complexity index is 1200. The van der Waals surface area contributed by atoms with Crippen LogP contribution in [-0.4, -0.2) is 22.8 Å². The number of amides is 1. The Kier molecular flexibility index (Phi) is 5.85. The number of benzene rings is 3. The van der Waals surface area contributed by atoms with E-state index < -0.39 is 0 Å². The molecule has 0 fully saturated rings. The van der Waals surface area contributed by atoms with Crippen LogP contribution in [0.25, 0.3) is 11.3 Å². The summed E-state index contributed by atoms with van der Waals surface area (Å²) < 4.78 is 7.23. The zero-order valence-electron chi connectivity index (χ0n) is 17.9. The van der Waals surface area contributed by atoms with Crippen molar-refractivity contribution in [2.75, 3.05) is 12.4 Å². The number of methoxy groups -OCH3 is 1. The highest BCUT2D eigenvalue weighted by Gasteiger charge is 2.19. The third-order valence-electron chi connectivity index (χ3n) is 5.12. The van der Waals surface area contributed by atoms with E-state index in [1.54, 1.807) is 13.3 Å². The Morgan fingerprint density at radius 1 is 0.968 bits per heavy atom. The van der Waals surface area contributed by atoms with Gasteiger partial charge in [-0.15, -0.1) is 0 Å². The molecule has 5 nitrogen and oxygen atoms in total. The Morgan fingerprint density at radius 2 is 1.68 bits per heavy atom. The van der Waals surface area contributed by atoms with Gasteiger partial charge in [-0.05, 0) is 37.1 Å². The minimum atomic E-state index is -0.223. The molecule has 0 spiro atoms. The molecule has 0 saturated heterocycles. The molecular weight excluding hydrogens is 386 g/mol. The second-order valence-electron chi connectivity index (χ2n) is 7.60. The molecule has 0 radical (unpaired) electrons. The summed E-state index contributed by atoms with van der Waals surface area (Å²) in [5.41, 5.74) is 6.02. The molecule has 1 amide bonds. The van der Waals surface area contributed by atoms with E-state index in [0.29, 0.717) is 29.2 Å². The fourth-order valence-corrected chi connectivity index (χ4v) is 3.47. The van der Waals surface area contributed by atoms with E-state index in [0.717, 1.165) is 22.3 Å². The number of nitrogens with zero attached hydrogens (tertiary/aromatic N) is 2. The van der Waals surface area contributed by atoms with Crippen molar-refractivity contribution in [2.24, 2.45) is 0 Å². The minimum Gasteiger partial charge on any atom is -0.495 e. The van der Waals surface area contributed by atoms with Crippen molar-refractivity contribution in [3.63, 3.8) is 0 Å². The second-order valence-corrected chi connectivity index (χ2v) is 7.60. The third kappa shape index (κ3) is 4.67. The minimum absolute atomic E-state index is 0.223. The lowest BCUT2D eigenvalue weighted by atomic mass is 10.1. The number of ether oxygens (including phenoxy) is 1. The van der Waals surface area contributed by atoms with Gasteiger partial charge in [0.1, 0.15) is 11.4 Å². The van der Waals surface area contributed by atoms with Gasteiger partial charge in [0.15, 0.2) is 0 Å². The number of nitrogens with one attached hydrogen (secondary N) is 1. The normalized spacial score (nSPS) is 10.7. The molecule has 0 aliphatic rings. The lowest BCUT2D eigenvalue weighted by Gasteiger charge is -2.11. The van der Waals surface area contributed by atoms with Crippen molar-refractivity contribution in [2.45, 2.75) is 20.4 Å². The molecule has 31 heavy (non-hydrogen) atoms. The maximum Gasteiger partial charge on any atom is 0.259 e. The van der Waals surface area contributed by atoms with Crippen molar-refractivity contribution in [3.8, 4) is 17.0 Å². The molecule has 1 heterocycles. The van der Waals surface area contributed by atoms with Gasteiger partial charge >= 0.3 is 0 Å². The number of rotatable bonds is 6. The Labute approximate surface area is 182 Å². The van der Waals surface area contributed by atoms with E-state index in [9.17, 15) is 4.79 Å². The molecule has 0 bridgehead atoms. The van der Waals surface area contributed by atoms with Gasteiger partial charge in [0.25, 0.3) is 5.91 Å². The largest absolute Gasteiger partial charge is 0.495 e. The molecule has 5 heteroatoms. The standard InChI is InChI=1S/C26H25N3O2/c1-18-9-12-21(13-10-18)25-22(17-29(28-25)16-20-7-5-4-6-8-20)26(30)27-23-15-19(2)11-14-24(23)31-3/h4-15,17H,16H2,1-3H3,(H,27,30). The van der Waals surface area contributed by atoms with Crippen molar-refractivity contribution in [3.05, 3.63) is 101 Å². The lowest BCUT2D eigenvalue weighted by molar-refractivity contribution is 0.102. The second kappa shape index (κ2) is 8.88. The van der Waals surface area contributed by atoms with Crippen LogP contribution in [0, 0.1) is 13.8 Å². The zero-order chi connectivity index (χ0) is 21.8. The number of anilines is 1. The first-order chi connectivity index (χ1) is 15.0. The molecule has 156 valence electrons. The first-order valence-electron chi connectivity index (χ1n) is 10.2. The number of aryl methyl sites for hydroxylation is 2. The molecule has 4 aromatic rings. The SMILES string of the molecule is COc1ccc(C)cc1NC(=O)c1cn(Cc2ccccc2)nc1-c1ccc(C)cc1. The van der Waals surface area contributed by atoms with Gasteiger partial charge in [0, 0.05) is 11.8 Å². The molecular formula is C26H25N3O2. The van der Waals surface area contributed by atoms with Gasteiger partial charge in [-0.2, -0.15) is 5.10 Å². The van der Waals surface area contributed by atoms with Crippen molar-refractivity contribution in [1.29, 1.82) is 0 Å². The van der Waals surface area contributed by atoms with E-state index in [2.05, 4.69) is 5.32 Å². The van der Waals surface area contributed by atoms with Gasteiger partial charge < -0.3 is 10.1 Å². The number of carbonyl (C=O) groups excluding carboxylic acids is 1. The van der Waals surface area contributed by atoms with E-state index >= 15 is 0 Å². The van der Waals surface area contributed by atoms with Crippen LogP contribution >= 0.6 is 0 Å². The van der Waals surface area contributed by atoms with E-state index in [1.807, 2.05) is 91.3 Å². The number of hydrogen-bond acceptors (Lipinski definition) is 3. The third-order valence-corrected chi connectivity index (χ3v) is 5.12. The summed E-state index contributed by atoms with van der Waals surface area (Å²) in [4.78, 5) is 13.3.